The summed E-state index contributed by atoms with van der Waals surface area (Å²) in [7, 11) is 0. The molecule has 0 aromatic carbocycles. The molecule has 1 rings (SSSR count). The number of carbonyl (C=O) groups excluding carboxylic acids is 1. The van der Waals surface area contributed by atoms with Gasteiger partial charge in [-0.15, -0.1) is 6.58 Å². The van der Waals surface area contributed by atoms with E-state index in [9.17, 15) is 9.59 Å². The van der Waals surface area contributed by atoms with Gasteiger partial charge in [0.25, 0.3) is 0 Å². The van der Waals surface area contributed by atoms with Crippen LogP contribution in [0.1, 0.15) is 6.92 Å². The molecule has 1 aromatic rings. The van der Waals surface area contributed by atoms with Crippen molar-refractivity contribution in [2.45, 2.75) is 13.5 Å². The average molecular weight is 193 g/mol. The van der Waals surface area contributed by atoms with Gasteiger partial charge in [0, 0.05) is 19.7 Å². The van der Waals surface area contributed by atoms with Gasteiger partial charge in [0.15, 0.2) is 0 Å². The number of rotatable bonds is 3. The van der Waals surface area contributed by atoms with Crippen molar-refractivity contribution in [3.63, 3.8) is 0 Å². The van der Waals surface area contributed by atoms with Crippen LogP contribution < -0.4 is 11.0 Å². The normalized spacial score (nSPS) is 9.50. The highest BCUT2D eigenvalue weighted by molar-refractivity contribution is 5.87. The second-order valence-corrected chi connectivity index (χ2v) is 2.72. The Hall–Kier alpha value is -1.91. The van der Waals surface area contributed by atoms with Gasteiger partial charge < -0.3 is 5.32 Å². The van der Waals surface area contributed by atoms with Crippen molar-refractivity contribution < 1.29 is 4.79 Å². The van der Waals surface area contributed by atoms with Gasteiger partial charge in [0.05, 0.1) is 0 Å². The Morgan fingerprint density at radius 1 is 1.79 bits per heavy atom. The van der Waals surface area contributed by atoms with Gasteiger partial charge in [-0.25, -0.2) is 4.79 Å². The fourth-order valence-electron chi connectivity index (χ4n) is 0.957. The molecule has 0 aliphatic rings. The Morgan fingerprint density at radius 3 is 3.00 bits per heavy atom. The van der Waals surface area contributed by atoms with E-state index in [0.717, 1.165) is 0 Å². The maximum atomic E-state index is 11.3. The van der Waals surface area contributed by atoms with Crippen molar-refractivity contribution in [2.24, 2.45) is 0 Å². The number of allylic oxidation sites excluding steroid dienone is 1. The highest BCUT2D eigenvalue weighted by atomic mass is 16.2. The second-order valence-electron chi connectivity index (χ2n) is 2.72. The Kier molecular flexibility index (Phi) is 3.17. The number of nitrogens with zero attached hydrogens (tertiary/aromatic N) is 2. The van der Waals surface area contributed by atoms with Gasteiger partial charge in [0.1, 0.15) is 5.82 Å². The largest absolute Gasteiger partial charge is 0.349 e. The van der Waals surface area contributed by atoms with Crippen LogP contribution in [0.3, 0.4) is 0 Å². The lowest BCUT2D eigenvalue weighted by atomic mass is 10.5. The average Bonchev–Trinajstić information content (AvgIpc) is 2.09. The van der Waals surface area contributed by atoms with Gasteiger partial charge in [-0.05, 0) is 6.07 Å². The molecular formula is C9H11N3O2. The van der Waals surface area contributed by atoms with Crippen LogP contribution >= 0.6 is 0 Å². The van der Waals surface area contributed by atoms with E-state index in [4.69, 9.17) is 0 Å². The lowest BCUT2D eigenvalue weighted by Gasteiger charge is -2.03. The van der Waals surface area contributed by atoms with Gasteiger partial charge >= 0.3 is 5.69 Å². The highest BCUT2D eigenvalue weighted by Crippen LogP contribution is 1.96. The Labute approximate surface area is 81.1 Å². The van der Waals surface area contributed by atoms with Crippen LogP contribution in [0.4, 0.5) is 5.82 Å². The van der Waals surface area contributed by atoms with Crippen LogP contribution in [0.25, 0.3) is 0 Å². The summed E-state index contributed by atoms with van der Waals surface area (Å²) in [5.41, 5.74) is -0.406. The predicted octanol–water partition coefficient (Wildman–Crippen LogP) is 0.388. The predicted molar refractivity (Wildman–Crippen MR) is 53.0 cm³/mol. The molecule has 1 aromatic heterocycles. The molecule has 0 atom stereocenters. The van der Waals surface area contributed by atoms with E-state index in [1.165, 1.54) is 11.5 Å². The van der Waals surface area contributed by atoms with Crippen LogP contribution in [-0.4, -0.2) is 15.5 Å². The zero-order chi connectivity index (χ0) is 10.6. The lowest BCUT2D eigenvalue weighted by molar-refractivity contribution is -0.114. The van der Waals surface area contributed by atoms with Crippen molar-refractivity contribution in [3.8, 4) is 0 Å². The molecule has 0 aliphatic heterocycles. The fraction of sp³-hybridized carbons (Fsp3) is 0.222. The highest BCUT2D eigenvalue weighted by Gasteiger charge is 1.99. The Balaban J connectivity index is 2.94. The van der Waals surface area contributed by atoms with Gasteiger partial charge in [-0.2, -0.15) is 4.98 Å². The third-order valence-electron chi connectivity index (χ3n) is 1.50. The number of aromatic nitrogens is 2. The molecule has 0 bridgehead atoms. The van der Waals surface area contributed by atoms with E-state index in [-0.39, 0.29) is 11.7 Å². The third-order valence-corrected chi connectivity index (χ3v) is 1.50. The van der Waals surface area contributed by atoms with E-state index in [1.807, 2.05) is 0 Å². The molecule has 0 saturated carbocycles. The molecule has 0 spiro atoms. The van der Waals surface area contributed by atoms with Crippen LogP contribution in [0.2, 0.25) is 0 Å². The van der Waals surface area contributed by atoms with Crippen LogP contribution in [0, 0.1) is 0 Å². The minimum atomic E-state index is -0.406. The number of nitrogens with one attached hydrogen (secondary N) is 1. The monoisotopic (exact) mass is 193 g/mol. The first-order valence-corrected chi connectivity index (χ1v) is 4.09. The number of amides is 1. The summed E-state index contributed by atoms with van der Waals surface area (Å²) < 4.78 is 1.39. The number of hydrogen-bond donors (Lipinski definition) is 1. The minimum absolute atomic E-state index is 0.252. The molecule has 74 valence electrons. The Morgan fingerprint density at radius 2 is 2.50 bits per heavy atom. The minimum Gasteiger partial charge on any atom is -0.311 e. The van der Waals surface area contributed by atoms with Crippen LogP contribution in [0.15, 0.2) is 29.7 Å². The molecule has 1 heterocycles. The van der Waals surface area contributed by atoms with Gasteiger partial charge in [-0.3, -0.25) is 9.36 Å². The van der Waals surface area contributed by atoms with E-state index in [1.54, 1.807) is 18.3 Å². The topological polar surface area (TPSA) is 64.0 Å². The zero-order valence-corrected chi connectivity index (χ0v) is 7.86. The van der Waals surface area contributed by atoms with Crippen LogP contribution in [0.5, 0.6) is 0 Å². The molecule has 5 nitrogen and oxygen atoms in total. The van der Waals surface area contributed by atoms with Crippen molar-refractivity contribution >= 4 is 11.7 Å². The molecule has 0 fully saturated rings. The summed E-state index contributed by atoms with van der Waals surface area (Å²) in [5.74, 6) is 0.0150. The van der Waals surface area contributed by atoms with E-state index in [0.29, 0.717) is 6.54 Å². The molecule has 0 radical (unpaired) electrons. The first-order chi connectivity index (χ1) is 6.63. The van der Waals surface area contributed by atoms with E-state index >= 15 is 0 Å². The third kappa shape index (κ3) is 2.55. The van der Waals surface area contributed by atoms with Gasteiger partial charge in [-0.1, -0.05) is 6.08 Å². The molecule has 1 N–H and O–H groups in total. The van der Waals surface area contributed by atoms with E-state index in [2.05, 4.69) is 16.9 Å². The van der Waals surface area contributed by atoms with Crippen LogP contribution in [-0.2, 0) is 11.3 Å². The van der Waals surface area contributed by atoms with Crippen molar-refractivity contribution in [3.05, 3.63) is 35.4 Å². The first-order valence-electron chi connectivity index (χ1n) is 4.09. The van der Waals surface area contributed by atoms with Crippen molar-refractivity contribution in [2.75, 3.05) is 5.32 Å². The standard InChI is InChI=1S/C9H11N3O2/c1-3-5-12-6-4-8(10-7(2)13)11-9(12)14/h3-4,6H,1,5H2,2H3,(H,10,11,13,14). The summed E-state index contributed by atoms with van der Waals surface area (Å²) in [4.78, 5) is 25.6. The molecule has 0 saturated heterocycles. The molecule has 5 heteroatoms. The number of carbonyl (C=O) groups is 1. The van der Waals surface area contributed by atoms with Gasteiger partial charge in [0.2, 0.25) is 5.91 Å². The van der Waals surface area contributed by atoms with Crippen molar-refractivity contribution in [1.29, 1.82) is 0 Å². The first kappa shape index (κ1) is 10.2. The second kappa shape index (κ2) is 4.36. The summed E-state index contributed by atoms with van der Waals surface area (Å²) in [6.07, 6.45) is 3.16. The molecule has 14 heavy (non-hydrogen) atoms. The smallest absolute Gasteiger partial charge is 0.311 e. The SMILES string of the molecule is C=CCn1ccc(NC(C)=O)nc1=O. The number of hydrogen-bond acceptors (Lipinski definition) is 3. The molecular weight excluding hydrogens is 182 g/mol. The van der Waals surface area contributed by atoms with Crippen molar-refractivity contribution in [1.82, 2.24) is 9.55 Å². The summed E-state index contributed by atoms with van der Waals surface area (Å²) in [6.45, 7) is 5.28. The zero-order valence-electron chi connectivity index (χ0n) is 7.86. The summed E-state index contributed by atoms with van der Waals surface area (Å²) in [6, 6.07) is 1.56. The maximum absolute atomic E-state index is 11.3. The molecule has 0 unspecified atom stereocenters. The quantitative estimate of drug-likeness (QED) is 0.706. The lowest BCUT2D eigenvalue weighted by Crippen LogP contribution is -2.23. The number of anilines is 1. The van der Waals surface area contributed by atoms with E-state index < -0.39 is 5.69 Å². The molecule has 0 aliphatic carbocycles. The summed E-state index contributed by atoms with van der Waals surface area (Å²) >= 11 is 0. The summed E-state index contributed by atoms with van der Waals surface area (Å²) in [5, 5.41) is 2.43. The fourth-order valence-corrected chi connectivity index (χ4v) is 0.957. The maximum Gasteiger partial charge on any atom is 0.349 e. The Bertz CT molecular complexity index is 409. The molecule has 1 amide bonds.